The topological polar surface area (TPSA) is 76.0 Å². The Morgan fingerprint density at radius 1 is 1.11 bits per heavy atom. The molecule has 8 heteroatoms. The summed E-state index contributed by atoms with van der Waals surface area (Å²) in [6.45, 7) is 7.45. The first kappa shape index (κ1) is 19.8. The Hall–Kier alpha value is -3.00. The zero-order valence-electron chi connectivity index (χ0n) is 16.1. The van der Waals surface area contributed by atoms with E-state index in [0.717, 1.165) is 16.9 Å². The molecule has 0 aliphatic rings. The Morgan fingerprint density at radius 2 is 1.75 bits per heavy atom. The van der Waals surface area contributed by atoms with E-state index in [2.05, 4.69) is 16.0 Å². The smallest absolute Gasteiger partial charge is 0.267 e. The summed E-state index contributed by atoms with van der Waals surface area (Å²) in [5.74, 6) is -1.16. The molecule has 0 aliphatic carbocycles. The number of aryl methyl sites for hydroxylation is 3. The van der Waals surface area contributed by atoms with Crippen molar-refractivity contribution in [1.82, 2.24) is 20.6 Å². The van der Waals surface area contributed by atoms with Gasteiger partial charge in [0.15, 0.2) is 0 Å². The van der Waals surface area contributed by atoms with Crippen molar-refractivity contribution in [2.75, 3.05) is 0 Å². The highest BCUT2D eigenvalue weighted by Gasteiger charge is 2.20. The first-order chi connectivity index (χ1) is 13.3. The third-order valence-electron chi connectivity index (χ3n) is 4.44. The lowest BCUT2D eigenvalue weighted by molar-refractivity contribution is 0.0848. The van der Waals surface area contributed by atoms with Crippen molar-refractivity contribution in [2.24, 2.45) is 0 Å². The zero-order valence-corrected chi connectivity index (χ0v) is 16.9. The van der Waals surface area contributed by atoms with Gasteiger partial charge >= 0.3 is 0 Å². The van der Waals surface area contributed by atoms with Crippen LogP contribution in [0.2, 0.25) is 0 Å². The van der Waals surface area contributed by atoms with Crippen molar-refractivity contribution in [3.63, 3.8) is 0 Å². The van der Waals surface area contributed by atoms with Crippen molar-refractivity contribution in [1.29, 1.82) is 0 Å². The van der Waals surface area contributed by atoms with Crippen LogP contribution in [0.3, 0.4) is 0 Å². The molecular formula is C20H21FN4O2S. The predicted octanol–water partition coefficient (Wildman–Crippen LogP) is 3.64. The number of thiophene rings is 1. The number of rotatable bonds is 4. The molecule has 0 saturated heterocycles. The summed E-state index contributed by atoms with van der Waals surface area (Å²) in [5, 5.41) is 4.37. The molecule has 1 aromatic carbocycles. The molecule has 2 heterocycles. The molecule has 0 fully saturated rings. The lowest BCUT2D eigenvalue weighted by Gasteiger charge is -2.07. The Labute approximate surface area is 166 Å². The van der Waals surface area contributed by atoms with Crippen molar-refractivity contribution < 1.29 is 14.0 Å². The normalized spacial score (nSPS) is 10.8. The van der Waals surface area contributed by atoms with E-state index in [1.54, 1.807) is 30.7 Å². The van der Waals surface area contributed by atoms with Gasteiger partial charge in [0.25, 0.3) is 11.8 Å². The SMILES string of the molecule is CCc1sc(C(=O)NNC(=O)c2c(C)nn(-c3ccc(F)cc3)c2C)cc1C. The van der Waals surface area contributed by atoms with Crippen LogP contribution in [0.1, 0.15) is 48.8 Å². The molecule has 0 atom stereocenters. The van der Waals surface area contributed by atoms with Gasteiger partial charge in [-0.3, -0.25) is 20.4 Å². The molecule has 2 N–H and O–H groups in total. The Balaban J connectivity index is 1.75. The monoisotopic (exact) mass is 400 g/mol. The molecule has 3 aromatic rings. The maximum absolute atomic E-state index is 13.1. The van der Waals surface area contributed by atoms with Gasteiger partial charge in [-0.05, 0) is 63.1 Å². The van der Waals surface area contributed by atoms with Crippen LogP contribution in [0.5, 0.6) is 0 Å². The molecular weight excluding hydrogens is 379 g/mol. The Morgan fingerprint density at radius 3 is 2.36 bits per heavy atom. The van der Waals surface area contributed by atoms with Crippen LogP contribution in [0.25, 0.3) is 5.69 Å². The van der Waals surface area contributed by atoms with Crippen LogP contribution in [0, 0.1) is 26.6 Å². The van der Waals surface area contributed by atoms with E-state index in [1.807, 2.05) is 19.9 Å². The summed E-state index contributed by atoms with van der Waals surface area (Å²) in [6.07, 6.45) is 0.858. The number of halogens is 1. The van der Waals surface area contributed by atoms with E-state index in [4.69, 9.17) is 0 Å². The zero-order chi connectivity index (χ0) is 20.4. The van der Waals surface area contributed by atoms with E-state index in [-0.39, 0.29) is 11.7 Å². The summed E-state index contributed by atoms with van der Waals surface area (Å²) >= 11 is 1.41. The fourth-order valence-corrected chi connectivity index (χ4v) is 4.03. The molecule has 0 bridgehead atoms. The third-order valence-corrected chi connectivity index (χ3v) is 5.82. The molecule has 0 saturated carbocycles. The predicted molar refractivity (Wildman–Crippen MR) is 106 cm³/mol. The van der Waals surface area contributed by atoms with Gasteiger partial charge in [0, 0.05) is 4.88 Å². The van der Waals surface area contributed by atoms with Crippen LogP contribution in [-0.2, 0) is 6.42 Å². The van der Waals surface area contributed by atoms with Crippen LogP contribution < -0.4 is 10.9 Å². The second kappa shape index (κ2) is 7.93. The van der Waals surface area contributed by atoms with Crippen LogP contribution in [0.15, 0.2) is 30.3 Å². The summed E-state index contributed by atoms with van der Waals surface area (Å²) in [6, 6.07) is 7.65. The number of hydrazine groups is 1. The van der Waals surface area contributed by atoms with Gasteiger partial charge in [-0.25, -0.2) is 9.07 Å². The molecule has 3 rings (SSSR count). The minimum Gasteiger partial charge on any atom is -0.267 e. The Kier molecular flexibility index (Phi) is 5.60. The highest BCUT2D eigenvalue weighted by molar-refractivity contribution is 7.14. The molecule has 0 unspecified atom stereocenters. The van der Waals surface area contributed by atoms with Gasteiger partial charge in [0.2, 0.25) is 0 Å². The van der Waals surface area contributed by atoms with Crippen molar-refractivity contribution >= 4 is 23.2 Å². The number of carbonyl (C=O) groups is 2. The molecule has 28 heavy (non-hydrogen) atoms. The first-order valence-electron chi connectivity index (χ1n) is 8.84. The van der Waals surface area contributed by atoms with E-state index < -0.39 is 5.91 Å². The van der Waals surface area contributed by atoms with Crippen LogP contribution in [-0.4, -0.2) is 21.6 Å². The van der Waals surface area contributed by atoms with Gasteiger partial charge < -0.3 is 0 Å². The number of nitrogens with one attached hydrogen (secondary N) is 2. The molecule has 0 aliphatic heterocycles. The fraction of sp³-hybridized carbons (Fsp3) is 0.250. The summed E-state index contributed by atoms with van der Waals surface area (Å²) < 4.78 is 14.7. The van der Waals surface area contributed by atoms with Crippen molar-refractivity contribution in [2.45, 2.75) is 34.1 Å². The summed E-state index contributed by atoms with van der Waals surface area (Å²) in [4.78, 5) is 26.6. The second-order valence-corrected chi connectivity index (χ2v) is 7.55. The average molecular weight is 400 g/mol. The number of aromatic nitrogens is 2. The Bertz CT molecular complexity index is 1040. The molecule has 146 valence electrons. The maximum Gasteiger partial charge on any atom is 0.279 e. The van der Waals surface area contributed by atoms with Gasteiger partial charge in [-0.2, -0.15) is 5.10 Å². The standard InChI is InChI=1S/C20H21FN4O2S/c1-5-16-11(2)10-17(28-16)19(26)22-23-20(27)18-12(3)24-25(13(18)4)15-8-6-14(21)7-9-15/h6-10H,5H2,1-4H3,(H,22,26)(H,23,27). The molecule has 0 radical (unpaired) electrons. The number of hydrogen-bond donors (Lipinski definition) is 2. The van der Waals surface area contributed by atoms with Crippen molar-refractivity contribution in [3.05, 3.63) is 68.4 Å². The minimum atomic E-state index is -0.458. The van der Waals surface area contributed by atoms with Gasteiger partial charge in [-0.15, -0.1) is 11.3 Å². The fourth-order valence-electron chi connectivity index (χ4n) is 3.03. The quantitative estimate of drug-likeness (QED) is 0.657. The molecule has 0 spiro atoms. The lowest BCUT2D eigenvalue weighted by Crippen LogP contribution is -2.41. The molecule has 2 aromatic heterocycles. The van der Waals surface area contributed by atoms with Gasteiger partial charge in [0.05, 0.1) is 27.5 Å². The number of benzene rings is 1. The van der Waals surface area contributed by atoms with E-state index in [0.29, 0.717) is 27.5 Å². The van der Waals surface area contributed by atoms with E-state index in [1.165, 1.54) is 23.5 Å². The average Bonchev–Trinajstić information content (AvgIpc) is 3.19. The minimum absolute atomic E-state index is 0.346. The number of nitrogens with zero attached hydrogens (tertiary/aromatic N) is 2. The highest BCUT2D eigenvalue weighted by atomic mass is 32.1. The van der Waals surface area contributed by atoms with Gasteiger partial charge in [-0.1, -0.05) is 6.92 Å². The number of amides is 2. The lowest BCUT2D eigenvalue weighted by atomic mass is 10.2. The summed E-state index contributed by atoms with van der Waals surface area (Å²) in [7, 11) is 0. The first-order valence-corrected chi connectivity index (χ1v) is 9.65. The second-order valence-electron chi connectivity index (χ2n) is 6.41. The molecule has 2 amide bonds. The highest BCUT2D eigenvalue weighted by Crippen LogP contribution is 2.22. The van der Waals surface area contributed by atoms with Crippen LogP contribution >= 0.6 is 11.3 Å². The van der Waals surface area contributed by atoms with Crippen LogP contribution in [0.4, 0.5) is 4.39 Å². The number of carbonyl (C=O) groups excluding carboxylic acids is 2. The molecule has 6 nitrogen and oxygen atoms in total. The third kappa shape index (κ3) is 3.82. The largest absolute Gasteiger partial charge is 0.279 e. The number of hydrogen-bond acceptors (Lipinski definition) is 4. The van der Waals surface area contributed by atoms with E-state index in [9.17, 15) is 14.0 Å². The van der Waals surface area contributed by atoms with Gasteiger partial charge in [0.1, 0.15) is 5.82 Å². The summed E-state index contributed by atoms with van der Waals surface area (Å²) in [5.41, 5.74) is 8.09. The van der Waals surface area contributed by atoms with E-state index >= 15 is 0 Å². The maximum atomic E-state index is 13.1. The van der Waals surface area contributed by atoms with Crippen molar-refractivity contribution in [3.8, 4) is 5.69 Å².